The topological polar surface area (TPSA) is 65.3 Å². The molecule has 156 valence electrons. The van der Waals surface area contributed by atoms with E-state index in [2.05, 4.69) is 20.9 Å². The van der Waals surface area contributed by atoms with Crippen molar-refractivity contribution in [3.63, 3.8) is 0 Å². The molecule has 2 heterocycles. The molecule has 2 saturated carbocycles. The van der Waals surface area contributed by atoms with Crippen molar-refractivity contribution in [2.75, 3.05) is 45.9 Å². The van der Waals surface area contributed by atoms with Gasteiger partial charge in [0.2, 0.25) is 0 Å². The Hall–Kier alpha value is -0.200. The minimum atomic E-state index is 0.765. The fourth-order valence-electron chi connectivity index (χ4n) is 6.48. The van der Waals surface area contributed by atoms with Gasteiger partial charge in [0.15, 0.2) is 0 Å². The van der Waals surface area contributed by atoms with Crippen LogP contribution in [0.3, 0.4) is 0 Å². The van der Waals surface area contributed by atoms with Crippen molar-refractivity contribution in [1.29, 1.82) is 0 Å². The largest absolute Gasteiger partial charge is 0.329 e. The number of nitrogens with zero attached hydrogens (tertiary/aromatic N) is 1. The van der Waals surface area contributed by atoms with Gasteiger partial charge in [-0.2, -0.15) is 0 Å². The summed E-state index contributed by atoms with van der Waals surface area (Å²) in [6.07, 6.45) is 12.9. The van der Waals surface area contributed by atoms with E-state index in [-0.39, 0.29) is 0 Å². The molecule has 5 heteroatoms. The van der Waals surface area contributed by atoms with Gasteiger partial charge in [-0.05, 0) is 101 Å². The third-order valence-electron chi connectivity index (χ3n) is 8.09. The molecule has 0 bridgehead atoms. The summed E-state index contributed by atoms with van der Waals surface area (Å²) in [4.78, 5) is 2.82. The second-order valence-corrected chi connectivity index (χ2v) is 9.87. The molecule has 2 aliphatic carbocycles. The van der Waals surface area contributed by atoms with Crippen LogP contribution in [0.1, 0.15) is 57.8 Å². The number of rotatable bonds is 7. The van der Waals surface area contributed by atoms with Crippen molar-refractivity contribution in [3.05, 3.63) is 0 Å². The second kappa shape index (κ2) is 10.0. The molecule has 5 nitrogen and oxygen atoms in total. The van der Waals surface area contributed by atoms with Crippen molar-refractivity contribution >= 4 is 0 Å². The fraction of sp³-hybridized carbons (Fsp3) is 1.00. The standard InChI is InChI=1S/C22H43N5/c23-9-11-25-13-17-3-5-19(6-4-17)20-7-8-21-22(12-20)27(16-26-21)15-18-2-1-10-24-14-18/h17-22,24-26H,1-16,23H2. The normalized spacial score (nSPS) is 40.8. The molecule has 0 aromatic rings. The van der Waals surface area contributed by atoms with Crippen LogP contribution >= 0.6 is 0 Å². The number of nitrogens with one attached hydrogen (secondary N) is 3. The Labute approximate surface area is 166 Å². The molecule has 2 aliphatic heterocycles. The van der Waals surface area contributed by atoms with Gasteiger partial charge in [0.1, 0.15) is 0 Å². The van der Waals surface area contributed by atoms with Crippen LogP contribution in [0.5, 0.6) is 0 Å². The lowest BCUT2D eigenvalue weighted by atomic mass is 9.69. The zero-order valence-electron chi connectivity index (χ0n) is 17.3. The first-order chi connectivity index (χ1) is 13.3. The summed E-state index contributed by atoms with van der Waals surface area (Å²) < 4.78 is 0. The Morgan fingerprint density at radius 3 is 2.59 bits per heavy atom. The minimum absolute atomic E-state index is 0.765. The summed E-state index contributed by atoms with van der Waals surface area (Å²) in [6.45, 7) is 7.84. The SMILES string of the molecule is NCCNCC1CCC(C2CCC3NCN(CC4CCCNC4)C3C2)CC1. The number of fused-ring (bicyclic) bond motifs is 1. The number of nitrogens with two attached hydrogens (primary N) is 1. The van der Waals surface area contributed by atoms with Gasteiger partial charge in [0, 0.05) is 38.4 Å². The molecule has 0 spiro atoms. The van der Waals surface area contributed by atoms with Gasteiger partial charge < -0.3 is 16.4 Å². The van der Waals surface area contributed by atoms with Gasteiger partial charge >= 0.3 is 0 Å². The van der Waals surface area contributed by atoms with Crippen molar-refractivity contribution in [3.8, 4) is 0 Å². The first-order valence-corrected chi connectivity index (χ1v) is 11.9. The summed E-state index contributed by atoms with van der Waals surface area (Å²) >= 11 is 0. The summed E-state index contributed by atoms with van der Waals surface area (Å²) in [5, 5.41) is 11.0. The van der Waals surface area contributed by atoms with E-state index >= 15 is 0 Å². The van der Waals surface area contributed by atoms with Gasteiger partial charge in [-0.1, -0.05) is 0 Å². The molecule has 4 aliphatic rings. The lowest BCUT2D eigenvalue weighted by Crippen LogP contribution is -2.46. The van der Waals surface area contributed by atoms with Crippen molar-refractivity contribution in [2.24, 2.45) is 29.4 Å². The Morgan fingerprint density at radius 2 is 1.81 bits per heavy atom. The van der Waals surface area contributed by atoms with Gasteiger partial charge in [-0.3, -0.25) is 10.2 Å². The predicted molar refractivity (Wildman–Crippen MR) is 113 cm³/mol. The van der Waals surface area contributed by atoms with Crippen LogP contribution in [0, 0.1) is 23.7 Å². The molecular formula is C22H43N5. The van der Waals surface area contributed by atoms with Gasteiger partial charge in [0.25, 0.3) is 0 Å². The Bertz CT molecular complexity index is 430. The maximum Gasteiger partial charge on any atom is 0.0486 e. The van der Waals surface area contributed by atoms with Crippen LogP contribution in [-0.4, -0.2) is 62.9 Å². The highest BCUT2D eigenvalue weighted by atomic mass is 15.3. The lowest BCUT2D eigenvalue weighted by Gasteiger charge is -2.42. The molecular weight excluding hydrogens is 334 g/mol. The maximum atomic E-state index is 5.60. The molecule has 4 fully saturated rings. The van der Waals surface area contributed by atoms with Crippen LogP contribution < -0.4 is 21.7 Å². The number of hydrogen-bond donors (Lipinski definition) is 4. The lowest BCUT2D eigenvalue weighted by molar-refractivity contribution is 0.0994. The van der Waals surface area contributed by atoms with E-state index < -0.39 is 0 Å². The van der Waals surface area contributed by atoms with Crippen LogP contribution in [0.15, 0.2) is 0 Å². The highest BCUT2D eigenvalue weighted by Crippen LogP contribution is 2.42. The van der Waals surface area contributed by atoms with Crippen LogP contribution in [-0.2, 0) is 0 Å². The van der Waals surface area contributed by atoms with E-state index in [0.29, 0.717) is 0 Å². The highest BCUT2D eigenvalue weighted by Gasteiger charge is 2.41. The van der Waals surface area contributed by atoms with E-state index in [1.54, 1.807) is 0 Å². The van der Waals surface area contributed by atoms with Crippen LogP contribution in [0.25, 0.3) is 0 Å². The summed E-state index contributed by atoms with van der Waals surface area (Å²) in [5.74, 6) is 3.75. The van der Waals surface area contributed by atoms with E-state index in [4.69, 9.17) is 5.73 Å². The zero-order chi connectivity index (χ0) is 18.5. The predicted octanol–water partition coefficient (Wildman–Crippen LogP) is 1.74. The Morgan fingerprint density at radius 1 is 0.963 bits per heavy atom. The van der Waals surface area contributed by atoms with Gasteiger partial charge in [0.05, 0.1) is 0 Å². The number of hydrogen-bond acceptors (Lipinski definition) is 5. The van der Waals surface area contributed by atoms with Crippen molar-refractivity contribution in [2.45, 2.75) is 69.9 Å². The van der Waals surface area contributed by atoms with E-state index in [1.807, 2.05) is 0 Å². The monoisotopic (exact) mass is 377 g/mol. The quantitative estimate of drug-likeness (QED) is 0.509. The second-order valence-electron chi connectivity index (χ2n) is 9.87. The van der Waals surface area contributed by atoms with E-state index in [1.165, 1.54) is 84.0 Å². The van der Waals surface area contributed by atoms with E-state index in [0.717, 1.165) is 55.5 Å². The molecule has 4 atom stereocenters. The first kappa shape index (κ1) is 20.1. The first-order valence-electron chi connectivity index (χ1n) is 11.9. The summed E-state index contributed by atoms with van der Waals surface area (Å²) in [7, 11) is 0. The molecule has 0 radical (unpaired) electrons. The highest BCUT2D eigenvalue weighted by molar-refractivity contribution is 4.98. The maximum absolute atomic E-state index is 5.60. The third-order valence-corrected chi connectivity index (χ3v) is 8.09. The molecule has 2 saturated heterocycles. The third kappa shape index (κ3) is 5.24. The summed E-state index contributed by atoms with van der Waals surface area (Å²) in [6, 6.07) is 1.59. The molecule has 4 unspecified atom stereocenters. The number of piperidine rings is 1. The Kier molecular flexibility index (Phi) is 7.45. The Balaban J connectivity index is 1.24. The average molecular weight is 378 g/mol. The van der Waals surface area contributed by atoms with Crippen molar-refractivity contribution in [1.82, 2.24) is 20.9 Å². The molecule has 4 rings (SSSR count). The molecule has 0 aromatic heterocycles. The molecule has 5 N–H and O–H groups in total. The van der Waals surface area contributed by atoms with Gasteiger partial charge in [-0.25, -0.2) is 0 Å². The van der Waals surface area contributed by atoms with Crippen molar-refractivity contribution < 1.29 is 0 Å². The van der Waals surface area contributed by atoms with Gasteiger partial charge in [-0.15, -0.1) is 0 Å². The smallest absolute Gasteiger partial charge is 0.0486 e. The van der Waals surface area contributed by atoms with E-state index in [9.17, 15) is 0 Å². The van der Waals surface area contributed by atoms with Crippen LogP contribution in [0.2, 0.25) is 0 Å². The minimum Gasteiger partial charge on any atom is -0.329 e. The molecule has 0 aromatic carbocycles. The summed E-state index contributed by atoms with van der Waals surface area (Å²) in [5.41, 5.74) is 5.60. The average Bonchev–Trinajstić information content (AvgIpc) is 3.11. The molecule has 0 amide bonds. The fourth-order valence-corrected chi connectivity index (χ4v) is 6.48. The zero-order valence-corrected chi connectivity index (χ0v) is 17.3. The molecule has 27 heavy (non-hydrogen) atoms. The van der Waals surface area contributed by atoms with Crippen LogP contribution in [0.4, 0.5) is 0 Å².